The average molecular weight is 472 g/mol. The summed E-state index contributed by atoms with van der Waals surface area (Å²) >= 11 is 0. The maximum absolute atomic E-state index is 14.9. The molecule has 2 N–H and O–H groups in total. The Hall–Kier alpha value is -3.80. The third kappa shape index (κ3) is 4.48. The van der Waals surface area contributed by atoms with Gasteiger partial charge in [-0.2, -0.15) is 5.26 Å². The second kappa shape index (κ2) is 9.82. The topological polar surface area (TPSA) is 95.5 Å². The molecule has 1 aliphatic rings. The van der Waals surface area contributed by atoms with Gasteiger partial charge < -0.3 is 15.2 Å². The summed E-state index contributed by atoms with van der Waals surface area (Å²) in [5.41, 5.74) is 4.61. The number of ether oxygens (including phenoxy) is 1. The molecule has 35 heavy (non-hydrogen) atoms. The summed E-state index contributed by atoms with van der Waals surface area (Å²) in [6.45, 7) is 3.85. The number of aliphatic hydroxyl groups excluding tert-OH is 1. The number of imidazole rings is 1. The van der Waals surface area contributed by atoms with Crippen molar-refractivity contribution in [3.8, 4) is 34.5 Å². The highest BCUT2D eigenvalue weighted by Gasteiger charge is 2.22. The van der Waals surface area contributed by atoms with E-state index in [0.717, 1.165) is 31.5 Å². The monoisotopic (exact) mass is 471 g/mol. The number of aliphatic hydroxyl groups is 1. The first kappa shape index (κ1) is 23.0. The van der Waals surface area contributed by atoms with E-state index in [4.69, 9.17) is 9.72 Å². The van der Waals surface area contributed by atoms with E-state index < -0.39 is 5.82 Å². The Morgan fingerprint density at radius 1 is 1.26 bits per heavy atom. The second-order valence-corrected chi connectivity index (χ2v) is 8.86. The van der Waals surface area contributed by atoms with Gasteiger partial charge in [-0.25, -0.2) is 14.4 Å². The van der Waals surface area contributed by atoms with Gasteiger partial charge in [-0.15, -0.1) is 0 Å². The van der Waals surface area contributed by atoms with E-state index in [1.807, 2.05) is 28.8 Å². The minimum absolute atomic E-state index is 0.268. The van der Waals surface area contributed by atoms with Crippen molar-refractivity contribution >= 4 is 5.65 Å². The molecule has 1 atom stereocenters. The first-order valence-electron chi connectivity index (χ1n) is 11.7. The fourth-order valence-corrected chi connectivity index (χ4v) is 4.61. The summed E-state index contributed by atoms with van der Waals surface area (Å²) in [6.07, 6.45) is 5.68. The summed E-state index contributed by atoms with van der Waals surface area (Å²) in [5.74, 6) is 0.320. The molecule has 0 radical (unpaired) electrons. The highest BCUT2D eigenvalue weighted by atomic mass is 19.1. The standard InChI is InChI=1S/C27H26FN5O2/c1-17-11-21(12-23(28)22(17)15-34)25-24(20-6-4-18(13-29)5-7-20)32-27(26-31-9-10-33(25)26)35-16-19-3-2-8-30-14-19/h4-7,9-12,19,30,34H,2-3,8,14-16H2,1H3/t19-/m1/s1. The van der Waals surface area contributed by atoms with Crippen molar-refractivity contribution in [3.63, 3.8) is 0 Å². The van der Waals surface area contributed by atoms with Crippen LogP contribution >= 0.6 is 0 Å². The van der Waals surface area contributed by atoms with Crippen LogP contribution in [0.1, 0.15) is 29.5 Å². The molecular formula is C27H26FN5O2. The lowest BCUT2D eigenvalue weighted by molar-refractivity contribution is 0.213. The molecule has 178 valence electrons. The summed E-state index contributed by atoms with van der Waals surface area (Å²) in [4.78, 5) is 9.37. The molecule has 0 unspecified atom stereocenters. The molecule has 0 aliphatic carbocycles. The Balaban J connectivity index is 1.68. The van der Waals surface area contributed by atoms with Crippen molar-refractivity contribution in [1.29, 1.82) is 5.26 Å². The van der Waals surface area contributed by atoms with Crippen molar-refractivity contribution in [2.24, 2.45) is 5.92 Å². The average Bonchev–Trinajstić information content (AvgIpc) is 3.37. The quantitative estimate of drug-likeness (QED) is 0.437. The van der Waals surface area contributed by atoms with Gasteiger partial charge in [0.25, 0.3) is 5.88 Å². The number of fused-ring (bicyclic) bond motifs is 1. The predicted molar refractivity (Wildman–Crippen MR) is 130 cm³/mol. The van der Waals surface area contributed by atoms with E-state index in [-0.39, 0.29) is 12.2 Å². The maximum atomic E-state index is 14.9. The lowest BCUT2D eigenvalue weighted by atomic mass is 9.98. The first-order valence-corrected chi connectivity index (χ1v) is 11.7. The zero-order valence-corrected chi connectivity index (χ0v) is 19.5. The number of benzene rings is 2. The SMILES string of the molecule is Cc1cc(-c2c(-c3ccc(C#N)cc3)nc(OC[C@@H]3CCCNC3)c3nccn23)cc(F)c1CO. The Bertz CT molecular complexity index is 1380. The van der Waals surface area contributed by atoms with Crippen LogP contribution in [0.2, 0.25) is 0 Å². The fraction of sp³-hybridized carbons (Fsp3) is 0.296. The van der Waals surface area contributed by atoms with E-state index in [0.29, 0.717) is 52.1 Å². The van der Waals surface area contributed by atoms with Gasteiger partial charge >= 0.3 is 0 Å². The van der Waals surface area contributed by atoms with Crippen LogP contribution in [-0.2, 0) is 6.61 Å². The summed E-state index contributed by atoms with van der Waals surface area (Å²) in [5, 5.41) is 22.2. The molecule has 1 aliphatic heterocycles. The Morgan fingerprint density at radius 3 is 2.77 bits per heavy atom. The Morgan fingerprint density at radius 2 is 2.09 bits per heavy atom. The molecular weight excluding hydrogens is 445 g/mol. The molecule has 7 nitrogen and oxygen atoms in total. The maximum Gasteiger partial charge on any atom is 0.259 e. The zero-order valence-electron chi connectivity index (χ0n) is 19.5. The van der Waals surface area contributed by atoms with Gasteiger partial charge in [-0.3, -0.25) is 4.40 Å². The summed E-state index contributed by atoms with van der Waals surface area (Å²) < 4.78 is 23.0. The van der Waals surface area contributed by atoms with Crippen molar-refractivity contribution < 1.29 is 14.2 Å². The van der Waals surface area contributed by atoms with E-state index in [2.05, 4.69) is 16.4 Å². The lowest BCUT2D eigenvalue weighted by Gasteiger charge is -2.23. The molecule has 1 saturated heterocycles. The van der Waals surface area contributed by atoms with Crippen LogP contribution in [0.15, 0.2) is 48.8 Å². The number of piperidine rings is 1. The number of aryl methyl sites for hydroxylation is 1. The number of nitriles is 1. The van der Waals surface area contributed by atoms with Crippen molar-refractivity contribution in [2.45, 2.75) is 26.4 Å². The highest BCUT2D eigenvalue weighted by Crippen LogP contribution is 2.36. The van der Waals surface area contributed by atoms with Crippen LogP contribution in [0.5, 0.6) is 5.88 Å². The number of hydrogen-bond acceptors (Lipinski definition) is 6. The van der Waals surface area contributed by atoms with E-state index in [1.165, 1.54) is 6.07 Å². The molecule has 2 aromatic carbocycles. The molecule has 0 amide bonds. The molecule has 0 spiro atoms. The van der Waals surface area contributed by atoms with Crippen LogP contribution in [0, 0.1) is 30.0 Å². The number of halogens is 1. The molecule has 3 heterocycles. The van der Waals surface area contributed by atoms with Gasteiger partial charge in [0.1, 0.15) is 5.82 Å². The van der Waals surface area contributed by atoms with Crippen molar-refractivity contribution in [2.75, 3.05) is 19.7 Å². The van der Waals surface area contributed by atoms with Crippen LogP contribution < -0.4 is 10.1 Å². The zero-order chi connectivity index (χ0) is 24.4. The van der Waals surface area contributed by atoms with Crippen LogP contribution in [0.4, 0.5) is 4.39 Å². The van der Waals surface area contributed by atoms with Crippen LogP contribution in [0.3, 0.4) is 0 Å². The Labute approximate surface area is 202 Å². The number of rotatable bonds is 6. The molecule has 5 rings (SSSR count). The Kier molecular flexibility index (Phi) is 6.45. The van der Waals surface area contributed by atoms with Gasteiger partial charge in [0.2, 0.25) is 5.65 Å². The molecule has 0 bridgehead atoms. The number of hydrogen-bond donors (Lipinski definition) is 2. The van der Waals surface area contributed by atoms with Crippen LogP contribution in [-0.4, -0.2) is 39.2 Å². The third-order valence-electron chi connectivity index (χ3n) is 6.50. The van der Waals surface area contributed by atoms with Gasteiger partial charge in [0, 0.05) is 41.5 Å². The first-order chi connectivity index (χ1) is 17.1. The minimum atomic E-state index is -0.480. The normalized spacial score (nSPS) is 15.8. The lowest BCUT2D eigenvalue weighted by Crippen LogP contribution is -2.33. The van der Waals surface area contributed by atoms with E-state index in [9.17, 15) is 14.8 Å². The van der Waals surface area contributed by atoms with Gasteiger partial charge in [-0.1, -0.05) is 12.1 Å². The van der Waals surface area contributed by atoms with Gasteiger partial charge in [0.05, 0.1) is 36.2 Å². The van der Waals surface area contributed by atoms with Crippen molar-refractivity contribution in [3.05, 3.63) is 71.3 Å². The molecule has 0 saturated carbocycles. The molecule has 2 aromatic heterocycles. The van der Waals surface area contributed by atoms with Crippen molar-refractivity contribution in [1.82, 2.24) is 19.7 Å². The minimum Gasteiger partial charge on any atom is -0.475 e. The summed E-state index contributed by atoms with van der Waals surface area (Å²) in [6, 6.07) is 12.5. The largest absolute Gasteiger partial charge is 0.475 e. The van der Waals surface area contributed by atoms with Gasteiger partial charge in [0.15, 0.2) is 0 Å². The third-order valence-corrected chi connectivity index (χ3v) is 6.50. The number of nitrogens with zero attached hydrogens (tertiary/aromatic N) is 4. The second-order valence-electron chi connectivity index (χ2n) is 8.86. The predicted octanol–water partition coefficient (Wildman–Crippen LogP) is 4.25. The smallest absolute Gasteiger partial charge is 0.259 e. The molecule has 8 heteroatoms. The highest BCUT2D eigenvalue weighted by molar-refractivity contribution is 5.82. The van der Waals surface area contributed by atoms with E-state index >= 15 is 0 Å². The molecule has 1 fully saturated rings. The van der Waals surface area contributed by atoms with E-state index in [1.54, 1.807) is 25.3 Å². The molecule has 4 aromatic rings. The number of aromatic nitrogens is 3. The van der Waals surface area contributed by atoms with Crippen LogP contribution in [0.25, 0.3) is 28.2 Å². The number of nitrogens with one attached hydrogen (secondary N) is 1. The summed E-state index contributed by atoms with van der Waals surface area (Å²) in [7, 11) is 0. The van der Waals surface area contributed by atoms with Gasteiger partial charge in [-0.05, 0) is 56.1 Å². The fourth-order valence-electron chi connectivity index (χ4n) is 4.61.